The van der Waals surface area contributed by atoms with E-state index in [0.717, 1.165) is 6.07 Å². The van der Waals surface area contributed by atoms with Gasteiger partial charge < -0.3 is 14.9 Å². The highest BCUT2D eigenvalue weighted by Crippen LogP contribution is 2.39. The zero-order valence-electron chi connectivity index (χ0n) is 15.1. The Morgan fingerprint density at radius 1 is 1.21 bits per heavy atom. The summed E-state index contributed by atoms with van der Waals surface area (Å²) in [4.78, 5) is 26.6. The van der Waals surface area contributed by atoms with Crippen LogP contribution in [0, 0.1) is 10.1 Å². The molecule has 0 aliphatic carbocycles. The van der Waals surface area contributed by atoms with Gasteiger partial charge in [-0.25, -0.2) is 4.98 Å². The maximum absolute atomic E-state index is 11.8. The van der Waals surface area contributed by atoms with Gasteiger partial charge in [-0.3, -0.25) is 14.9 Å². The van der Waals surface area contributed by atoms with E-state index in [1.54, 1.807) is 12.1 Å². The van der Waals surface area contributed by atoms with Gasteiger partial charge in [-0.05, 0) is 42.8 Å². The number of ketones is 1. The molecule has 0 aliphatic heterocycles. The number of nitro benzene ring substituents is 1. The van der Waals surface area contributed by atoms with Crippen molar-refractivity contribution in [3.63, 3.8) is 0 Å². The topological polar surface area (TPSA) is 123 Å². The van der Waals surface area contributed by atoms with Crippen molar-refractivity contribution in [1.82, 2.24) is 4.98 Å². The Kier molecular flexibility index (Phi) is 4.70. The largest absolute Gasteiger partial charge is 0.506 e. The quantitative estimate of drug-likeness (QED) is 0.392. The summed E-state index contributed by atoms with van der Waals surface area (Å²) in [6, 6.07) is 8.70. The fraction of sp³-hybridized carbons (Fsp3) is 0.100. The molecule has 8 heteroatoms. The second kappa shape index (κ2) is 6.99. The molecule has 2 aromatic carbocycles. The minimum atomic E-state index is -0.729. The highest BCUT2D eigenvalue weighted by atomic mass is 16.6. The van der Waals surface area contributed by atoms with E-state index in [9.17, 15) is 25.1 Å². The molecular weight excluding hydrogens is 364 g/mol. The summed E-state index contributed by atoms with van der Waals surface area (Å²) in [5, 5.41) is 31.7. The average molecular weight is 380 g/mol. The summed E-state index contributed by atoms with van der Waals surface area (Å²) in [7, 11) is 1.28. The second-order valence-electron chi connectivity index (χ2n) is 6.06. The predicted octanol–water partition coefficient (Wildman–Crippen LogP) is 3.83. The van der Waals surface area contributed by atoms with Gasteiger partial charge in [0.05, 0.1) is 17.7 Å². The molecule has 3 aromatic rings. The Bertz CT molecular complexity index is 1150. The molecule has 0 saturated carbocycles. The number of hydrogen-bond acceptors (Lipinski definition) is 7. The monoisotopic (exact) mass is 380 g/mol. The number of methoxy groups -OCH3 is 1. The molecule has 1 heterocycles. The van der Waals surface area contributed by atoms with Crippen molar-refractivity contribution < 1.29 is 24.7 Å². The summed E-state index contributed by atoms with van der Waals surface area (Å²) in [5.74, 6) is -0.937. The van der Waals surface area contributed by atoms with E-state index in [2.05, 4.69) is 11.6 Å². The summed E-state index contributed by atoms with van der Waals surface area (Å²) in [5.41, 5.74) is 1.07. The third-order valence-corrected chi connectivity index (χ3v) is 4.34. The van der Waals surface area contributed by atoms with E-state index in [0.29, 0.717) is 27.8 Å². The lowest BCUT2D eigenvalue weighted by atomic mass is 9.99. The molecule has 0 amide bonds. The Labute approximate surface area is 159 Å². The molecule has 0 saturated heterocycles. The lowest BCUT2D eigenvalue weighted by molar-refractivity contribution is -0.386. The normalized spacial score (nSPS) is 10.6. The standard InChI is InChI=1S/C20H16N2O6/c1-10(12-8-16(22(26)27)20(25)18(9-12)28-3)15-6-4-14-13(11(2)23)5-7-17(24)19(14)21-15/h4-9,24-25H,1H2,2-3H3. The highest BCUT2D eigenvalue weighted by Gasteiger charge is 2.22. The zero-order chi connectivity index (χ0) is 20.6. The number of nitro groups is 1. The molecule has 0 unspecified atom stereocenters. The molecule has 0 radical (unpaired) electrons. The van der Waals surface area contributed by atoms with E-state index in [4.69, 9.17) is 4.74 Å². The molecular formula is C20H16N2O6. The van der Waals surface area contributed by atoms with Crippen LogP contribution >= 0.6 is 0 Å². The molecule has 0 atom stereocenters. The van der Waals surface area contributed by atoms with Gasteiger partial charge in [0.1, 0.15) is 11.3 Å². The minimum absolute atomic E-state index is 0.0761. The first kappa shape index (κ1) is 18.8. The molecule has 28 heavy (non-hydrogen) atoms. The minimum Gasteiger partial charge on any atom is -0.506 e. The van der Waals surface area contributed by atoms with Crippen LogP contribution in [0.2, 0.25) is 0 Å². The van der Waals surface area contributed by atoms with Gasteiger partial charge in [0, 0.05) is 22.6 Å². The Hall–Kier alpha value is -3.94. The maximum Gasteiger partial charge on any atom is 0.315 e. The number of ether oxygens (including phenoxy) is 1. The van der Waals surface area contributed by atoms with Crippen LogP contribution in [0.15, 0.2) is 43.0 Å². The van der Waals surface area contributed by atoms with Crippen molar-refractivity contribution in [2.45, 2.75) is 6.92 Å². The number of hydrogen-bond donors (Lipinski definition) is 2. The van der Waals surface area contributed by atoms with Crippen molar-refractivity contribution >= 4 is 27.9 Å². The molecule has 3 rings (SSSR count). The fourth-order valence-corrected chi connectivity index (χ4v) is 2.89. The molecule has 2 N–H and O–H groups in total. The number of Topliss-reactive ketones (excluding diaryl/α,β-unsaturated/α-hetero) is 1. The fourth-order valence-electron chi connectivity index (χ4n) is 2.89. The first-order chi connectivity index (χ1) is 13.2. The van der Waals surface area contributed by atoms with Gasteiger partial charge in [-0.1, -0.05) is 6.58 Å². The summed E-state index contributed by atoms with van der Waals surface area (Å²) < 4.78 is 5.00. The molecule has 8 nitrogen and oxygen atoms in total. The Balaban J connectivity index is 2.17. The van der Waals surface area contributed by atoms with Crippen LogP contribution in [-0.2, 0) is 0 Å². The molecule has 142 valence electrons. The third kappa shape index (κ3) is 3.11. The number of pyridine rings is 1. The molecule has 0 bridgehead atoms. The molecule has 0 aliphatic rings. The summed E-state index contributed by atoms with van der Waals surface area (Å²) in [6.07, 6.45) is 0. The maximum atomic E-state index is 11.8. The second-order valence-corrected chi connectivity index (χ2v) is 6.06. The molecule has 0 spiro atoms. The number of aromatic nitrogens is 1. The van der Waals surface area contributed by atoms with Crippen LogP contribution in [0.3, 0.4) is 0 Å². The van der Waals surface area contributed by atoms with Crippen molar-refractivity contribution in [3.8, 4) is 17.2 Å². The van der Waals surface area contributed by atoms with Crippen molar-refractivity contribution in [2.24, 2.45) is 0 Å². The number of nitrogens with zero attached hydrogens (tertiary/aromatic N) is 2. The number of carbonyl (C=O) groups excluding carboxylic acids is 1. The Morgan fingerprint density at radius 2 is 1.93 bits per heavy atom. The lowest BCUT2D eigenvalue weighted by Gasteiger charge is -2.11. The number of phenols is 2. The zero-order valence-corrected chi connectivity index (χ0v) is 15.1. The van der Waals surface area contributed by atoms with Crippen LogP contribution < -0.4 is 4.74 Å². The van der Waals surface area contributed by atoms with Crippen LogP contribution in [0.25, 0.3) is 16.5 Å². The highest BCUT2D eigenvalue weighted by molar-refractivity contribution is 6.07. The summed E-state index contributed by atoms with van der Waals surface area (Å²) >= 11 is 0. The Morgan fingerprint density at radius 3 is 2.54 bits per heavy atom. The first-order valence-electron chi connectivity index (χ1n) is 8.13. The predicted molar refractivity (Wildman–Crippen MR) is 103 cm³/mol. The van der Waals surface area contributed by atoms with Gasteiger partial charge in [0.2, 0.25) is 5.75 Å². The van der Waals surface area contributed by atoms with Gasteiger partial charge in [0.15, 0.2) is 11.5 Å². The van der Waals surface area contributed by atoms with Crippen molar-refractivity contribution in [3.05, 3.63) is 69.9 Å². The van der Waals surface area contributed by atoms with Crippen molar-refractivity contribution in [2.75, 3.05) is 7.11 Å². The third-order valence-electron chi connectivity index (χ3n) is 4.34. The van der Waals surface area contributed by atoms with Gasteiger partial charge in [-0.15, -0.1) is 0 Å². The molecule has 0 fully saturated rings. The van der Waals surface area contributed by atoms with E-state index in [1.807, 2.05) is 0 Å². The van der Waals surface area contributed by atoms with Crippen molar-refractivity contribution in [1.29, 1.82) is 0 Å². The molecule has 1 aromatic heterocycles. The first-order valence-corrected chi connectivity index (χ1v) is 8.13. The van der Waals surface area contributed by atoms with Gasteiger partial charge in [0.25, 0.3) is 0 Å². The van der Waals surface area contributed by atoms with Gasteiger partial charge >= 0.3 is 5.69 Å². The SMILES string of the molecule is C=C(c1cc(OC)c(O)c([N+](=O)[O-])c1)c1ccc2c(C(C)=O)ccc(O)c2n1. The van der Waals surface area contributed by atoms with E-state index in [-0.39, 0.29) is 22.8 Å². The number of benzene rings is 2. The number of aromatic hydroxyl groups is 2. The van der Waals surface area contributed by atoms with E-state index in [1.165, 1.54) is 32.2 Å². The number of carbonyl (C=O) groups is 1. The van der Waals surface area contributed by atoms with Gasteiger partial charge in [-0.2, -0.15) is 0 Å². The smallest absolute Gasteiger partial charge is 0.315 e. The van der Waals surface area contributed by atoms with E-state index < -0.39 is 16.4 Å². The van der Waals surface area contributed by atoms with Crippen LogP contribution in [-0.4, -0.2) is 33.0 Å². The van der Waals surface area contributed by atoms with Crippen LogP contribution in [0.5, 0.6) is 17.2 Å². The number of fused-ring (bicyclic) bond motifs is 1. The van der Waals surface area contributed by atoms with Crippen LogP contribution in [0.4, 0.5) is 5.69 Å². The number of phenolic OH excluding ortho intramolecular Hbond substituents is 2. The average Bonchev–Trinajstić information content (AvgIpc) is 2.67. The lowest BCUT2D eigenvalue weighted by Crippen LogP contribution is -1.99. The summed E-state index contributed by atoms with van der Waals surface area (Å²) in [6.45, 7) is 5.34. The number of rotatable bonds is 5. The van der Waals surface area contributed by atoms with Crippen LogP contribution in [0.1, 0.15) is 28.5 Å². The van der Waals surface area contributed by atoms with E-state index >= 15 is 0 Å².